The van der Waals surface area contributed by atoms with Crippen LogP contribution in [0.1, 0.15) is 11.1 Å². The molecule has 0 unspecified atom stereocenters. The van der Waals surface area contributed by atoms with Crippen LogP contribution in [0.15, 0.2) is 48.5 Å². The zero-order valence-corrected chi connectivity index (χ0v) is 10.9. The fraction of sp³-hybridized carbons (Fsp3) is 0.250. The van der Waals surface area contributed by atoms with Gasteiger partial charge < -0.3 is 15.2 Å². The molecular formula is C16H17NO2. The van der Waals surface area contributed by atoms with E-state index in [0.29, 0.717) is 13.2 Å². The minimum Gasteiger partial charge on any atom is -0.497 e. The minimum atomic E-state index is -0.0678. The summed E-state index contributed by atoms with van der Waals surface area (Å²) in [7, 11) is 1.68. The van der Waals surface area contributed by atoms with E-state index in [1.807, 2.05) is 30.3 Å². The Morgan fingerprint density at radius 2 is 1.79 bits per heavy atom. The summed E-state index contributed by atoms with van der Waals surface area (Å²) >= 11 is 0. The molecule has 19 heavy (non-hydrogen) atoms. The average molecular weight is 255 g/mol. The number of ether oxygens (including phenoxy) is 2. The van der Waals surface area contributed by atoms with Gasteiger partial charge in [-0.05, 0) is 35.4 Å². The van der Waals surface area contributed by atoms with Crippen molar-refractivity contribution in [2.24, 2.45) is 0 Å². The van der Waals surface area contributed by atoms with E-state index < -0.39 is 0 Å². The molecule has 3 heteroatoms. The van der Waals surface area contributed by atoms with Gasteiger partial charge in [0.1, 0.15) is 5.75 Å². The topological polar surface area (TPSA) is 44.5 Å². The van der Waals surface area contributed by atoms with Gasteiger partial charge >= 0.3 is 0 Å². The first-order chi connectivity index (χ1) is 9.24. The van der Waals surface area contributed by atoms with Crippen molar-refractivity contribution in [1.29, 1.82) is 0 Å². The van der Waals surface area contributed by atoms with Gasteiger partial charge in [-0.3, -0.25) is 0 Å². The molecule has 2 aromatic rings. The SMILES string of the molecule is COc1ccc(C2(c3cccc(N)c3)COC2)cc1. The first-order valence-corrected chi connectivity index (χ1v) is 6.33. The van der Waals surface area contributed by atoms with Crippen LogP contribution in [0.5, 0.6) is 5.75 Å². The molecule has 0 spiro atoms. The van der Waals surface area contributed by atoms with Crippen molar-refractivity contribution in [1.82, 2.24) is 0 Å². The van der Waals surface area contributed by atoms with Crippen LogP contribution in [0.3, 0.4) is 0 Å². The van der Waals surface area contributed by atoms with E-state index in [-0.39, 0.29) is 5.41 Å². The summed E-state index contributed by atoms with van der Waals surface area (Å²) in [5.74, 6) is 0.867. The van der Waals surface area contributed by atoms with Crippen molar-refractivity contribution in [2.45, 2.75) is 5.41 Å². The fourth-order valence-electron chi connectivity index (χ4n) is 2.55. The van der Waals surface area contributed by atoms with Crippen LogP contribution >= 0.6 is 0 Å². The molecule has 3 nitrogen and oxygen atoms in total. The third kappa shape index (κ3) is 1.96. The van der Waals surface area contributed by atoms with Gasteiger partial charge in [-0.1, -0.05) is 24.3 Å². The Kier molecular flexibility index (Phi) is 2.91. The Bertz CT molecular complexity index is 574. The molecule has 98 valence electrons. The van der Waals surface area contributed by atoms with Gasteiger partial charge in [0, 0.05) is 5.69 Å². The second-order valence-electron chi connectivity index (χ2n) is 4.93. The molecule has 1 heterocycles. The molecule has 0 aliphatic carbocycles. The average Bonchev–Trinajstić information content (AvgIpc) is 2.38. The highest BCUT2D eigenvalue weighted by Crippen LogP contribution is 2.40. The van der Waals surface area contributed by atoms with Gasteiger partial charge in [0.2, 0.25) is 0 Å². The number of nitrogen functional groups attached to an aromatic ring is 1. The molecule has 1 aliphatic rings. The van der Waals surface area contributed by atoms with Crippen molar-refractivity contribution in [2.75, 3.05) is 26.1 Å². The van der Waals surface area contributed by atoms with Gasteiger partial charge in [0.05, 0.1) is 25.7 Å². The minimum absolute atomic E-state index is 0.0678. The van der Waals surface area contributed by atoms with Gasteiger partial charge in [0.15, 0.2) is 0 Å². The van der Waals surface area contributed by atoms with Crippen LogP contribution < -0.4 is 10.5 Å². The number of methoxy groups -OCH3 is 1. The molecule has 0 atom stereocenters. The molecule has 2 N–H and O–H groups in total. The summed E-state index contributed by atoms with van der Waals surface area (Å²) in [6.45, 7) is 1.39. The van der Waals surface area contributed by atoms with Crippen LogP contribution in [-0.2, 0) is 10.2 Å². The molecule has 0 bridgehead atoms. The highest BCUT2D eigenvalue weighted by molar-refractivity contribution is 5.49. The van der Waals surface area contributed by atoms with Crippen LogP contribution in [0.4, 0.5) is 5.69 Å². The smallest absolute Gasteiger partial charge is 0.118 e. The summed E-state index contributed by atoms with van der Waals surface area (Å²) in [4.78, 5) is 0. The van der Waals surface area contributed by atoms with Crippen molar-refractivity contribution in [3.63, 3.8) is 0 Å². The predicted molar refractivity (Wildman–Crippen MR) is 75.4 cm³/mol. The quantitative estimate of drug-likeness (QED) is 0.857. The largest absolute Gasteiger partial charge is 0.497 e. The van der Waals surface area contributed by atoms with Crippen molar-refractivity contribution >= 4 is 5.69 Å². The molecular weight excluding hydrogens is 238 g/mol. The normalized spacial score (nSPS) is 16.7. The third-order valence-corrected chi connectivity index (χ3v) is 3.78. The number of anilines is 1. The Morgan fingerprint density at radius 3 is 2.32 bits per heavy atom. The predicted octanol–water partition coefficient (Wildman–Crippen LogP) is 2.59. The first-order valence-electron chi connectivity index (χ1n) is 6.33. The molecule has 3 rings (SSSR count). The monoisotopic (exact) mass is 255 g/mol. The van der Waals surface area contributed by atoms with Crippen LogP contribution in [-0.4, -0.2) is 20.3 Å². The second kappa shape index (κ2) is 4.59. The number of rotatable bonds is 3. The first kappa shape index (κ1) is 12.1. The van der Waals surface area contributed by atoms with Crippen molar-refractivity contribution in [3.8, 4) is 5.75 Å². The van der Waals surface area contributed by atoms with Gasteiger partial charge in [-0.2, -0.15) is 0 Å². The van der Waals surface area contributed by atoms with E-state index in [1.165, 1.54) is 11.1 Å². The lowest BCUT2D eigenvalue weighted by Crippen LogP contribution is -2.47. The molecule has 0 radical (unpaired) electrons. The number of hydrogen-bond acceptors (Lipinski definition) is 3. The second-order valence-corrected chi connectivity index (χ2v) is 4.93. The maximum atomic E-state index is 5.90. The Morgan fingerprint density at radius 1 is 1.05 bits per heavy atom. The molecule has 2 aromatic carbocycles. The zero-order chi connectivity index (χ0) is 13.3. The lowest BCUT2D eigenvalue weighted by Gasteiger charge is -2.42. The number of hydrogen-bond donors (Lipinski definition) is 1. The zero-order valence-electron chi connectivity index (χ0n) is 10.9. The summed E-state index contributed by atoms with van der Waals surface area (Å²) in [6.07, 6.45) is 0. The Balaban J connectivity index is 2.02. The molecule has 0 saturated carbocycles. The summed E-state index contributed by atoms with van der Waals surface area (Å²) in [5, 5.41) is 0. The van der Waals surface area contributed by atoms with Crippen LogP contribution in [0, 0.1) is 0 Å². The Labute approximate surface area is 113 Å². The van der Waals surface area contributed by atoms with E-state index in [2.05, 4.69) is 18.2 Å². The lowest BCUT2D eigenvalue weighted by molar-refractivity contribution is -0.0379. The lowest BCUT2D eigenvalue weighted by atomic mass is 9.73. The van der Waals surface area contributed by atoms with Gasteiger partial charge in [0.25, 0.3) is 0 Å². The summed E-state index contributed by atoms with van der Waals surface area (Å²) in [6, 6.07) is 16.2. The van der Waals surface area contributed by atoms with E-state index >= 15 is 0 Å². The molecule has 1 aliphatic heterocycles. The maximum absolute atomic E-state index is 5.90. The highest BCUT2D eigenvalue weighted by Gasteiger charge is 2.42. The fourth-order valence-corrected chi connectivity index (χ4v) is 2.55. The van der Waals surface area contributed by atoms with Crippen LogP contribution in [0.25, 0.3) is 0 Å². The summed E-state index contributed by atoms with van der Waals surface area (Å²) in [5.41, 5.74) is 9.07. The van der Waals surface area contributed by atoms with Gasteiger partial charge in [-0.15, -0.1) is 0 Å². The summed E-state index contributed by atoms with van der Waals surface area (Å²) < 4.78 is 10.7. The van der Waals surface area contributed by atoms with E-state index in [4.69, 9.17) is 15.2 Å². The highest BCUT2D eigenvalue weighted by atomic mass is 16.5. The van der Waals surface area contributed by atoms with E-state index in [1.54, 1.807) is 7.11 Å². The van der Waals surface area contributed by atoms with E-state index in [9.17, 15) is 0 Å². The van der Waals surface area contributed by atoms with Crippen molar-refractivity contribution < 1.29 is 9.47 Å². The van der Waals surface area contributed by atoms with E-state index in [0.717, 1.165) is 11.4 Å². The molecule has 0 amide bonds. The Hall–Kier alpha value is -2.00. The van der Waals surface area contributed by atoms with Crippen LogP contribution in [0.2, 0.25) is 0 Å². The number of benzene rings is 2. The standard InChI is InChI=1S/C16H17NO2/c1-18-15-7-5-12(6-8-15)16(10-19-11-16)13-3-2-4-14(17)9-13/h2-9H,10-11,17H2,1H3. The third-order valence-electron chi connectivity index (χ3n) is 3.78. The molecule has 1 fully saturated rings. The molecule has 0 aromatic heterocycles. The maximum Gasteiger partial charge on any atom is 0.118 e. The number of nitrogens with two attached hydrogens (primary N) is 1. The van der Waals surface area contributed by atoms with Gasteiger partial charge in [-0.25, -0.2) is 0 Å². The van der Waals surface area contributed by atoms with Crippen molar-refractivity contribution in [3.05, 3.63) is 59.7 Å². The molecule has 1 saturated heterocycles.